The molecular formula is C12H14BrN3O3S. The van der Waals surface area contributed by atoms with Crippen LogP contribution in [0.25, 0.3) is 0 Å². The molecule has 2 rings (SSSR count). The Balaban J connectivity index is 2.44. The van der Waals surface area contributed by atoms with Crippen molar-refractivity contribution >= 4 is 31.6 Å². The summed E-state index contributed by atoms with van der Waals surface area (Å²) in [5.41, 5.74) is 2.03. The summed E-state index contributed by atoms with van der Waals surface area (Å²) in [6, 6.07) is 5.22. The van der Waals surface area contributed by atoms with Gasteiger partial charge in [0.05, 0.1) is 12.3 Å². The van der Waals surface area contributed by atoms with Crippen molar-refractivity contribution in [2.75, 3.05) is 4.72 Å². The number of aliphatic hydroxyl groups excluding tert-OH is 1. The van der Waals surface area contributed by atoms with Gasteiger partial charge in [0.1, 0.15) is 0 Å². The van der Waals surface area contributed by atoms with E-state index in [1.54, 1.807) is 26.0 Å². The minimum absolute atomic E-state index is 0.183. The first-order valence-electron chi connectivity index (χ1n) is 5.79. The number of anilines is 1. The fourth-order valence-electron chi connectivity index (χ4n) is 1.75. The highest BCUT2D eigenvalue weighted by Crippen LogP contribution is 2.26. The number of benzene rings is 1. The van der Waals surface area contributed by atoms with Crippen molar-refractivity contribution in [2.24, 2.45) is 0 Å². The van der Waals surface area contributed by atoms with Gasteiger partial charge in [0.25, 0.3) is 10.0 Å². The van der Waals surface area contributed by atoms with E-state index in [9.17, 15) is 13.5 Å². The highest BCUT2D eigenvalue weighted by molar-refractivity contribution is 9.10. The summed E-state index contributed by atoms with van der Waals surface area (Å²) in [5, 5.41) is 15.4. The van der Waals surface area contributed by atoms with E-state index in [2.05, 4.69) is 30.8 Å². The number of aryl methyl sites for hydroxylation is 1. The first-order valence-corrected chi connectivity index (χ1v) is 8.07. The second-order valence-corrected chi connectivity index (χ2v) is 6.76. The fourth-order valence-corrected chi connectivity index (χ4v) is 3.43. The van der Waals surface area contributed by atoms with Crippen molar-refractivity contribution in [1.82, 2.24) is 10.2 Å². The monoisotopic (exact) mass is 359 g/mol. The van der Waals surface area contributed by atoms with Gasteiger partial charge in [0, 0.05) is 15.7 Å². The summed E-state index contributed by atoms with van der Waals surface area (Å²) in [4.78, 5) is 0. The van der Waals surface area contributed by atoms with E-state index in [-0.39, 0.29) is 10.6 Å². The van der Waals surface area contributed by atoms with Gasteiger partial charge in [-0.25, -0.2) is 0 Å². The molecule has 0 bridgehead atoms. The normalized spacial score (nSPS) is 11.6. The molecular weight excluding hydrogens is 346 g/mol. The lowest BCUT2D eigenvalue weighted by Gasteiger charge is -2.10. The largest absolute Gasteiger partial charge is 0.392 e. The highest BCUT2D eigenvalue weighted by atomic mass is 79.9. The topological polar surface area (TPSA) is 95.1 Å². The molecule has 20 heavy (non-hydrogen) atoms. The number of sulfonamides is 1. The first-order chi connectivity index (χ1) is 9.36. The molecule has 0 fully saturated rings. The van der Waals surface area contributed by atoms with Gasteiger partial charge in [0.15, 0.2) is 0 Å². The molecule has 1 heterocycles. The molecule has 6 nitrogen and oxygen atoms in total. The third kappa shape index (κ3) is 2.72. The van der Waals surface area contributed by atoms with Crippen LogP contribution in [0, 0.1) is 13.8 Å². The molecule has 108 valence electrons. The standard InChI is InChI=1S/C12H14BrN3O3S/c1-7-10(13)4-3-5-11(7)16-20(18,19)12-9(6-17)8(2)14-15-12/h3-5,16-17H,6H2,1-2H3,(H,14,15). The van der Waals surface area contributed by atoms with Crippen LogP contribution in [-0.2, 0) is 16.6 Å². The number of aromatic nitrogens is 2. The number of H-pyrrole nitrogens is 1. The van der Waals surface area contributed by atoms with E-state index in [4.69, 9.17) is 0 Å². The zero-order chi connectivity index (χ0) is 14.9. The molecule has 0 aliphatic rings. The average Bonchev–Trinajstić information content (AvgIpc) is 2.76. The molecule has 0 spiro atoms. The van der Waals surface area contributed by atoms with Gasteiger partial charge in [-0.15, -0.1) is 0 Å². The Hall–Kier alpha value is -1.38. The maximum Gasteiger partial charge on any atom is 0.281 e. The summed E-state index contributed by atoms with van der Waals surface area (Å²) >= 11 is 3.35. The molecule has 0 aliphatic carbocycles. The third-order valence-electron chi connectivity index (χ3n) is 2.96. The molecule has 2 aromatic rings. The van der Waals surface area contributed by atoms with E-state index in [0.717, 1.165) is 10.0 Å². The number of nitrogens with one attached hydrogen (secondary N) is 2. The van der Waals surface area contributed by atoms with Gasteiger partial charge < -0.3 is 5.11 Å². The van der Waals surface area contributed by atoms with Crippen molar-refractivity contribution in [3.8, 4) is 0 Å². The summed E-state index contributed by atoms with van der Waals surface area (Å²) < 4.78 is 28.0. The predicted molar refractivity (Wildman–Crippen MR) is 78.9 cm³/mol. The molecule has 0 unspecified atom stereocenters. The number of rotatable bonds is 4. The quantitative estimate of drug-likeness (QED) is 0.778. The van der Waals surface area contributed by atoms with Crippen molar-refractivity contribution in [3.63, 3.8) is 0 Å². The molecule has 0 amide bonds. The number of aliphatic hydroxyl groups is 1. The molecule has 3 N–H and O–H groups in total. The minimum Gasteiger partial charge on any atom is -0.392 e. The smallest absolute Gasteiger partial charge is 0.281 e. The molecule has 8 heteroatoms. The Morgan fingerprint density at radius 2 is 2.10 bits per heavy atom. The summed E-state index contributed by atoms with van der Waals surface area (Å²) in [7, 11) is -3.85. The van der Waals surface area contributed by atoms with Gasteiger partial charge in [-0.2, -0.15) is 13.5 Å². The van der Waals surface area contributed by atoms with E-state index < -0.39 is 16.6 Å². The van der Waals surface area contributed by atoms with Gasteiger partial charge in [-0.3, -0.25) is 9.82 Å². The maximum absolute atomic E-state index is 12.3. The van der Waals surface area contributed by atoms with Crippen molar-refractivity contribution in [3.05, 3.63) is 39.5 Å². The van der Waals surface area contributed by atoms with Crippen LogP contribution < -0.4 is 4.72 Å². The molecule has 0 aliphatic heterocycles. The lowest BCUT2D eigenvalue weighted by molar-refractivity contribution is 0.277. The van der Waals surface area contributed by atoms with Crippen LogP contribution in [0.5, 0.6) is 0 Å². The zero-order valence-electron chi connectivity index (χ0n) is 10.9. The molecule has 0 atom stereocenters. The van der Waals surface area contributed by atoms with Crippen LogP contribution in [0.4, 0.5) is 5.69 Å². The predicted octanol–water partition coefficient (Wildman–Crippen LogP) is 2.08. The Labute approximate surface area is 125 Å². The van der Waals surface area contributed by atoms with E-state index >= 15 is 0 Å². The Morgan fingerprint density at radius 1 is 1.40 bits per heavy atom. The Bertz CT molecular complexity index is 740. The minimum atomic E-state index is -3.85. The van der Waals surface area contributed by atoms with Crippen molar-refractivity contribution in [1.29, 1.82) is 0 Å². The summed E-state index contributed by atoms with van der Waals surface area (Å²) in [6.45, 7) is 3.06. The van der Waals surface area contributed by atoms with Gasteiger partial charge in [-0.05, 0) is 31.5 Å². The number of hydrogen-bond acceptors (Lipinski definition) is 4. The molecule has 0 saturated heterocycles. The third-order valence-corrected chi connectivity index (χ3v) is 5.16. The van der Waals surface area contributed by atoms with E-state index in [1.165, 1.54) is 0 Å². The molecule has 0 radical (unpaired) electrons. The average molecular weight is 360 g/mol. The van der Waals surface area contributed by atoms with Gasteiger partial charge in [-0.1, -0.05) is 22.0 Å². The fraction of sp³-hybridized carbons (Fsp3) is 0.250. The maximum atomic E-state index is 12.3. The lowest BCUT2D eigenvalue weighted by atomic mass is 10.2. The summed E-state index contributed by atoms with van der Waals surface area (Å²) in [5.74, 6) is 0. The van der Waals surface area contributed by atoms with Crippen LogP contribution in [0.15, 0.2) is 27.7 Å². The van der Waals surface area contributed by atoms with Crippen LogP contribution in [0.3, 0.4) is 0 Å². The molecule has 0 saturated carbocycles. The van der Waals surface area contributed by atoms with Gasteiger partial charge >= 0.3 is 0 Å². The number of hydrogen-bond donors (Lipinski definition) is 3. The van der Waals surface area contributed by atoms with Crippen LogP contribution >= 0.6 is 15.9 Å². The number of nitrogens with zero attached hydrogens (tertiary/aromatic N) is 1. The first kappa shape index (κ1) is 15.0. The SMILES string of the molecule is Cc1[nH]nc(S(=O)(=O)Nc2cccc(Br)c2C)c1CO. The Morgan fingerprint density at radius 3 is 2.75 bits per heavy atom. The number of aromatic amines is 1. The summed E-state index contributed by atoms with van der Waals surface area (Å²) in [6.07, 6.45) is 0. The molecule has 1 aromatic heterocycles. The highest BCUT2D eigenvalue weighted by Gasteiger charge is 2.24. The van der Waals surface area contributed by atoms with Crippen LogP contribution in [0.1, 0.15) is 16.8 Å². The second kappa shape index (κ2) is 5.55. The molecule has 1 aromatic carbocycles. The van der Waals surface area contributed by atoms with Crippen LogP contribution in [0.2, 0.25) is 0 Å². The number of halogens is 1. The zero-order valence-corrected chi connectivity index (χ0v) is 13.3. The lowest BCUT2D eigenvalue weighted by Crippen LogP contribution is -2.16. The van der Waals surface area contributed by atoms with E-state index in [0.29, 0.717) is 11.4 Å². The van der Waals surface area contributed by atoms with Crippen molar-refractivity contribution in [2.45, 2.75) is 25.5 Å². The van der Waals surface area contributed by atoms with Gasteiger partial charge in [0.2, 0.25) is 5.03 Å². The van der Waals surface area contributed by atoms with Crippen molar-refractivity contribution < 1.29 is 13.5 Å². The van der Waals surface area contributed by atoms with E-state index in [1.807, 2.05) is 6.07 Å². The Kier molecular flexibility index (Phi) is 4.17. The second-order valence-electron chi connectivity index (χ2n) is 4.31. The van der Waals surface area contributed by atoms with Crippen LogP contribution in [-0.4, -0.2) is 23.7 Å².